The van der Waals surface area contributed by atoms with Crippen LogP contribution in [0.5, 0.6) is 0 Å². The highest BCUT2D eigenvalue weighted by atomic mass is 32.2. The zero-order chi connectivity index (χ0) is 38.8. The van der Waals surface area contributed by atoms with Crippen molar-refractivity contribution in [2.75, 3.05) is 9.80 Å². The van der Waals surface area contributed by atoms with Crippen LogP contribution in [0.25, 0.3) is 10.9 Å². The molecule has 54 heavy (non-hydrogen) atoms. The molecule has 0 saturated carbocycles. The van der Waals surface area contributed by atoms with Gasteiger partial charge in [-0.05, 0) is 59.9 Å². The molecule has 0 bridgehead atoms. The molecule has 1 aliphatic heterocycles. The van der Waals surface area contributed by atoms with Crippen molar-refractivity contribution in [3.05, 3.63) is 174 Å². The first-order valence-corrected chi connectivity index (χ1v) is 18.2. The number of halogens is 3. The maximum Gasteiger partial charge on any atom is 0.490 e. The van der Waals surface area contributed by atoms with Crippen LogP contribution in [0.3, 0.4) is 0 Å². The van der Waals surface area contributed by atoms with Crippen LogP contribution in [-0.4, -0.2) is 52.7 Å². The molecule has 276 valence electrons. The Morgan fingerprint density at radius 3 is 1.57 bits per heavy atom. The smallest absolute Gasteiger partial charge is 0.475 e. The topological polar surface area (TPSA) is 128 Å². The third-order valence-corrected chi connectivity index (χ3v) is 10.7. The first kappa shape index (κ1) is 37.7. The van der Waals surface area contributed by atoms with Gasteiger partial charge in [0, 0.05) is 11.1 Å². The van der Waals surface area contributed by atoms with Crippen molar-refractivity contribution in [3.8, 4) is 0 Å². The number of anilines is 2. The maximum absolute atomic E-state index is 14.3. The van der Waals surface area contributed by atoms with Crippen LogP contribution in [-0.2, 0) is 20.3 Å². The Kier molecular flexibility index (Phi) is 10.3. The molecule has 1 saturated heterocycles. The molecule has 1 aromatic heterocycles. The van der Waals surface area contributed by atoms with Gasteiger partial charge in [0.1, 0.15) is 0 Å². The quantitative estimate of drug-likeness (QED) is 0.123. The van der Waals surface area contributed by atoms with Crippen molar-refractivity contribution in [2.24, 2.45) is 0 Å². The van der Waals surface area contributed by atoms with Gasteiger partial charge < -0.3 is 5.11 Å². The molecule has 2 unspecified atom stereocenters. The molecule has 0 aliphatic carbocycles. The second kappa shape index (κ2) is 14.8. The van der Waals surface area contributed by atoms with E-state index in [-0.39, 0.29) is 0 Å². The molecule has 13 heteroatoms. The number of hydrogen-bond acceptors (Lipinski definition) is 5. The van der Waals surface area contributed by atoms with Gasteiger partial charge in [-0.2, -0.15) is 21.6 Å². The summed E-state index contributed by atoms with van der Waals surface area (Å²) in [5.41, 5.74) is 5.78. The molecular formula is C41H34F3N3O6S. The van der Waals surface area contributed by atoms with Crippen LogP contribution < -0.4 is 9.80 Å². The molecule has 2 heterocycles. The number of aryl methyl sites for hydroxylation is 1. The standard InChI is InChI=1S/C39H33N3O4S.C2HF3O2/c1-27-34-20-12-13-21-35(34)40-26-36(27)41-28(2)37(47(44,45)46)42(38(41)43)33-24-22-32(23-25-33)39(29-14-6-3-7-15-29,30-16-8-4-9-17-30)31-18-10-5-11-19-31;3-2(4,5)1(6)7/h3-26,28,37H,1-2H3,(H,44,45,46);(H,6,7). The molecule has 2 N–H and O–H groups in total. The number of rotatable bonds is 7. The monoisotopic (exact) mass is 753 g/mol. The number of pyridine rings is 1. The second-order valence-electron chi connectivity index (χ2n) is 12.7. The van der Waals surface area contributed by atoms with E-state index in [0.29, 0.717) is 11.4 Å². The number of nitrogens with zero attached hydrogens (tertiary/aromatic N) is 3. The summed E-state index contributed by atoms with van der Waals surface area (Å²) in [6, 6.07) is 44.2. The lowest BCUT2D eigenvalue weighted by molar-refractivity contribution is -0.192. The van der Waals surface area contributed by atoms with E-state index < -0.39 is 45.1 Å². The minimum Gasteiger partial charge on any atom is -0.475 e. The van der Waals surface area contributed by atoms with E-state index in [1.807, 2.05) is 97.9 Å². The molecule has 6 aromatic rings. The number of aliphatic carboxylic acids is 1. The molecule has 0 radical (unpaired) electrons. The highest BCUT2D eigenvalue weighted by Crippen LogP contribution is 2.46. The van der Waals surface area contributed by atoms with Crippen molar-refractivity contribution < 1.29 is 40.8 Å². The number of carboxylic acids is 1. The van der Waals surface area contributed by atoms with E-state index in [1.54, 1.807) is 25.3 Å². The zero-order valence-electron chi connectivity index (χ0n) is 28.9. The number of carboxylic acid groups (broad SMARTS) is 1. The number of alkyl halides is 3. The number of para-hydroxylation sites is 1. The normalized spacial score (nSPS) is 16.2. The van der Waals surface area contributed by atoms with Crippen molar-refractivity contribution in [3.63, 3.8) is 0 Å². The van der Waals surface area contributed by atoms with E-state index in [2.05, 4.69) is 41.4 Å². The summed E-state index contributed by atoms with van der Waals surface area (Å²) in [6.45, 7) is 3.51. The number of benzene rings is 5. The summed E-state index contributed by atoms with van der Waals surface area (Å²) in [4.78, 5) is 30.3. The van der Waals surface area contributed by atoms with E-state index in [0.717, 1.165) is 38.7 Å². The molecule has 1 fully saturated rings. The molecule has 2 amide bonds. The molecule has 1 aliphatic rings. The van der Waals surface area contributed by atoms with Crippen LogP contribution in [0.1, 0.15) is 34.7 Å². The maximum atomic E-state index is 14.3. The van der Waals surface area contributed by atoms with E-state index >= 15 is 0 Å². The summed E-state index contributed by atoms with van der Waals surface area (Å²) < 4.78 is 68.1. The molecule has 2 atom stereocenters. The average molecular weight is 754 g/mol. The van der Waals surface area contributed by atoms with E-state index in [4.69, 9.17) is 9.90 Å². The summed E-state index contributed by atoms with van der Waals surface area (Å²) >= 11 is 0. The minimum atomic E-state index is -5.08. The van der Waals surface area contributed by atoms with Gasteiger partial charge >= 0.3 is 18.2 Å². The fourth-order valence-corrected chi connectivity index (χ4v) is 8.25. The largest absolute Gasteiger partial charge is 0.490 e. The first-order chi connectivity index (χ1) is 25.7. The number of urea groups is 1. The first-order valence-electron chi connectivity index (χ1n) is 16.7. The SMILES string of the molecule is Cc1c(N2C(=O)N(c3ccc(C(c4ccccc4)(c4ccccc4)c4ccccc4)cc3)C(S(=O)(=O)O)C2C)cnc2ccccc12.O=C(O)C(F)(F)F. The van der Waals surface area contributed by atoms with Gasteiger partial charge in [-0.25, -0.2) is 9.59 Å². The minimum absolute atomic E-state index is 0.352. The van der Waals surface area contributed by atoms with Gasteiger partial charge in [-0.15, -0.1) is 0 Å². The van der Waals surface area contributed by atoms with Crippen molar-refractivity contribution >= 4 is 44.4 Å². The van der Waals surface area contributed by atoms with Gasteiger partial charge in [0.25, 0.3) is 10.1 Å². The van der Waals surface area contributed by atoms with Gasteiger partial charge in [0.2, 0.25) is 0 Å². The zero-order valence-corrected chi connectivity index (χ0v) is 29.7. The Labute approximate surface area is 309 Å². The van der Waals surface area contributed by atoms with Gasteiger partial charge in [0.05, 0.1) is 28.9 Å². The van der Waals surface area contributed by atoms with Gasteiger partial charge in [0.15, 0.2) is 5.37 Å². The summed E-state index contributed by atoms with van der Waals surface area (Å²) in [6.07, 6.45) is -3.49. The van der Waals surface area contributed by atoms with Gasteiger partial charge in [-0.3, -0.25) is 19.3 Å². The van der Waals surface area contributed by atoms with Crippen LogP contribution in [0.2, 0.25) is 0 Å². The third kappa shape index (κ3) is 6.91. The lowest BCUT2D eigenvalue weighted by Gasteiger charge is -2.37. The molecule has 9 nitrogen and oxygen atoms in total. The Bertz CT molecular complexity index is 2300. The summed E-state index contributed by atoms with van der Waals surface area (Å²) in [7, 11) is -4.70. The number of carbonyl (C=O) groups is 2. The summed E-state index contributed by atoms with van der Waals surface area (Å²) in [5, 5.41) is 6.45. The van der Waals surface area contributed by atoms with Crippen molar-refractivity contribution in [1.82, 2.24) is 4.98 Å². The van der Waals surface area contributed by atoms with E-state index in [1.165, 1.54) is 9.80 Å². The Morgan fingerprint density at radius 2 is 1.13 bits per heavy atom. The van der Waals surface area contributed by atoms with Crippen LogP contribution >= 0.6 is 0 Å². The predicted molar refractivity (Wildman–Crippen MR) is 200 cm³/mol. The molecule has 0 spiro atoms. The highest BCUT2D eigenvalue weighted by molar-refractivity contribution is 7.86. The Balaban J connectivity index is 0.000000649. The highest BCUT2D eigenvalue weighted by Gasteiger charge is 2.52. The Hall–Kier alpha value is -6.05. The fraction of sp³-hybridized carbons (Fsp3) is 0.146. The van der Waals surface area contributed by atoms with Crippen molar-refractivity contribution in [1.29, 1.82) is 0 Å². The Morgan fingerprint density at radius 1 is 0.704 bits per heavy atom. The lowest BCUT2D eigenvalue weighted by Crippen LogP contribution is -2.42. The molecular weight excluding hydrogens is 720 g/mol. The number of amides is 2. The average Bonchev–Trinajstić information content (AvgIpc) is 3.43. The number of hydrogen-bond donors (Lipinski definition) is 2. The van der Waals surface area contributed by atoms with Crippen LogP contribution in [0.15, 0.2) is 146 Å². The molecule has 5 aromatic carbocycles. The lowest BCUT2D eigenvalue weighted by atomic mass is 9.65. The summed E-state index contributed by atoms with van der Waals surface area (Å²) in [5.74, 6) is -2.76. The van der Waals surface area contributed by atoms with Gasteiger partial charge in [-0.1, -0.05) is 121 Å². The molecule has 7 rings (SSSR count). The predicted octanol–water partition coefficient (Wildman–Crippen LogP) is 8.61. The third-order valence-electron chi connectivity index (χ3n) is 9.51. The van der Waals surface area contributed by atoms with Crippen molar-refractivity contribution in [2.45, 2.75) is 36.9 Å². The number of aromatic nitrogens is 1. The van der Waals surface area contributed by atoms with Crippen LogP contribution in [0, 0.1) is 6.92 Å². The number of fused-ring (bicyclic) bond motifs is 1. The van der Waals surface area contributed by atoms with Crippen LogP contribution in [0.4, 0.5) is 29.3 Å². The number of carbonyl (C=O) groups excluding carboxylic acids is 1. The fourth-order valence-electron chi connectivity index (χ4n) is 7.15. The van der Waals surface area contributed by atoms with E-state index in [9.17, 15) is 30.9 Å². The second-order valence-corrected chi connectivity index (χ2v) is 14.2.